The average Bonchev–Trinajstić information content (AvgIpc) is 3.29. The average molecular weight is 323 g/mol. The number of rotatable bonds is 2. The molecule has 4 nitrogen and oxygen atoms in total. The van der Waals surface area contributed by atoms with Gasteiger partial charge in [-0.3, -0.25) is 0 Å². The fraction of sp³-hybridized carbons (Fsp3) is 0.400. The van der Waals surface area contributed by atoms with Crippen LogP contribution in [-0.2, 0) is 10.2 Å². The van der Waals surface area contributed by atoms with Crippen molar-refractivity contribution < 1.29 is 14.6 Å². The molecule has 3 aliphatic rings. The van der Waals surface area contributed by atoms with Crippen molar-refractivity contribution in [1.82, 2.24) is 0 Å². The summed E-state index contributed by atoms with van der Waals surface area (Å²) in [5, 5.41) is 9.76. The number of ether oxygens (including phenoxy) is 2. The molecule has 2 aromatic rings. The second-order valence-electron chi connectivity index (χ2n) is 7.08. The Hall–Kier alpha value is -2.20. The highest BCUT2D eigenvalue weighted by atomic mass is 16.5. The van der Waals surface area contributed by atoms with E-state index in [0.29, 0.717) is 12.7 Å². The third kappa shape index (κ3) is 1.96. The Balaban J connectivity index is 1.57. The molecule has 2 aromatic carbocycles. The number of phenols is 1. The number of phenolic OH excluding ortho intramolecular Hbond substituents is 1. The van der Waals surface area contributed by atoms with E-state index >= 15 is 0 Å². The van der Waals surface area contributed by atoms with Gasteiger partial charge >= 0.3 is 0 Å². The molecule has 1 saturated heterocycles. The van der Waals surface area contributed by atoms with Crippen molar-refractivity contribution in [2.45, 2.75) is 24.4 Å². The Kier molecular flexibility index (Phi) is 3.04. The molecule has 2 atom stereocenters. The summed E-state index contributed by atoms with van der Waals surface area (Å²) in [5.41, 5.74) is 3.66. The van der Waals surface area contributed by atoms with Gasteiger partial charge in [0.15, 0.2) is 0 Å². The van der Waals surface area contributed by atoms with Crippen LogP contribution in [-0.4, -0.2) is 37.5 Å². The molecule has 124 valence electrons. The van der Waals surface area contributed by atoms with E-state index < -0.39 is 0 Å². The molecular formula is C20H21NO3. The van der Waals surface area contributed by atoms with Crippen molar-refractivity contribution in [3.05, 3.63) is 53.6 Å². The van der Waals surface area contributed by atoms with Crippen molar-refractivity contribution in [3.63, 3.8) is 0 Å². The van der Waals surface area contributed by atoms with Crippen LogP contribution < -0.4 is 9.64 Å². The maximum Gasteiger partial charge on any atom is 0.127 e. The lowest BCUT2D eigenvalue weighted by Crippen LogP contribution is -2.39. The van der Waals surface area contributed by atoms with Gasteiger partial charge in [0, 0.05) is 37.0 Å². The summed E-state index contributed by atoms with van der Waals surface area (Å²) in [6, 6.07) is 14.1. The summed E-state index contributed by atoms with van der Waals surface area (Å²) in [5.74, 6) is 1.07. The third-order valence-electron chi connectivity index (χ3n) is 5.62. The lowest BCUT2D eigenvalue weighted by molar-refractivity contribution is 0.115. The molecule has 1 N–H and O–H groups in total. The maximum atomic E-state index is 9.76. The summed E-state index contributed by atoms with van der Waals surface area (Å²) in [4.78, 5) is 2.45. The molecule has 0 saturated carbocycles. The van der Waals surface area contributed by atoms with E-state index in [-0.39, 0.29) is 11.2 Å². The zero-order chi connectivity index (χ0) is 16.1. The lowest BCUT2D eigenvalue weighted by Gasteiger charge is -2.26. The number of para-hydroxylation sites is 1. The van der Waals surface area contributed by atoms with E-state index in [1.165, 1.54) is 16.8 Å². The first kappa shape index (κ1) is 14.2. The topological polar surface area (TPSA) is 41.9 Å². The quantitative estimate of drug-likeness (QED) is 0.922. The summed E-state index contributed by atoms with van der Waals surface area (Å²) < 4.78 is 11.8. The van der Waals surface area contributed by atoms with Crippen molar-refractivity contribution in [3.8, 4) is 11.5 Å². The molecule has 1 fully saturated rings. The number of fused-ring (bicyclic) bond motifs is 4. The molecule has 3 aliphatic heterocycles. The molecule has 4 heteroatoms. The second-order valence-corrected chi connectivity index (χ2v) is 7.08. The fourth-order valence-corrected chi connectivity index (χ4v) is 4.51. The SMILES string of the molecule is Oc1ccc2c(c1)OCC21CN(C[C@H]2CCCO2)c2ccccc21. The number of hydrogen-bond donors (Lipinski definition) is 1. The van der Waals surface area contributed by atoms with Crippen LogP contribution in [0.25, 0.3) is 0 Å². The standard InChI is InChI=1S/C20H21NO3/c22-14-7-8-17-19(10-14)24-13-20(17)12-21(11-15-4-3-9-23-15)18-6-2-1-5-16(18)20/h1-2,5-8,10,15,22H,3-4,9,11-13H2/t15-,20?/m1/s1. The molecule has 24 heavy (non-hydrogen) atoms. The molecule has 0 bridgehead atoms. The minimum Gasteiger partial charge on any atom is -0.508 e. The summed E-state index contributed by atoms with van der Waals surface area (Å²) in [6.45, 7) is 3.36. The van der Waals surface area contributed by atoms with E-state index in [1.807, 2.05) is 6.07 Å². The Morgan fingerprint density at radius 1 is 1.17 bits per heavy atom. The lowest BCUT2D eigenvalue weighted by atomic mass is 9.78. The van der Waals surface area contributed by atoms with Crippen LogP contribution in [0.3, 0.4) is 0 Å². The molecule has 0 radical (unpaired) electrons. The minimum absolute atomic E-state index is 0.141. The van der Waals surface area contributed by atoms with E-state index in [0.717, 1.165) is 38.3 Å². The first-order valence-electron chi connectivity index (χ1n) is 8.69. The molecule has 3 heterocycles. The van der Waals surface area contributed by atoms with E-state index in [1.54, 1.807) is 12.1 Å². The van der Waals surface area contributed by atoms with Gasteiger partial charge in [0.2, 0.25) is 0 Å². The van der Waals surface area contributed by atoms with Gasteiger partial charge in [-0.2, -0.15) is 0 Å². The van der Waals surface area contributed by atoms with Crippen molar-refractivity contribution in [2.75, 3.05) is 31.2 Å². The number of nitrogens with zero attached hydrogens (tertiary/aromatic N) is 1. The van der Waals surface area contributed by atoms with Crippen LogP contribution in [0.1, 0.15) is 24.0 Å². The van der Waals surface area contributed by atoms with Crippen LogP contribution in [0.15, 0.2) is 42.5 Å². The summed E-state index contributed by atoms with van der Waals surface area (Å²) in [6.07, 6.45) is 2.64. The molecule has 0 amide bonds. The third-order valence-corrected chi connectivity index (χ3v) is 5.62. The Bertz CT molecular complexity index is 784. The number of hydrogen-bond acceptors (Lipinski definition) is 4. The second kappa shape index (κ2) is 5.15. The normalized spacial score (nSPS) is 27.3. The van der Waals surface area contributed by atoms with Gasteiger partial charge in [0.1, 0.15) is 18.1 Å². The first-order valence-corrected chi connectivity index (χ1v) is 8.69. The Morgan fingerprint density at radius 2 is 2.08 bits per heavy atom. The van der Waals surface area contributed by atoms with Crippen LogP contribution >= 0.6 is 0 Å². The largest absolute Gasteiger partial charge is 0.508 e. The summed E-state index contributed by atoms with van der Waals surface area (Å²) in [7, 11) is 0. The highest BCUT2D eigenvalue weighted by Crippen LogP contribution is 2.52. The zero-order valence-corrected chi connectivity index (χ0v) is 13.6. The van der Waals surface area contributed by atoms with Crippen molar-refractivity contribution in [2.24, 2.45) is 0 Å². The van der Waals surface area contributed by atoms with Gasteiger partial charge in [0.25, 0.3) is 0 Å². The van der Waals surface area contributed by atoms with Crippen LogP contribution in [0.4, 0.5) is 5.69 Å². The molecule has 5 rings (SSSR count). The van der Waals surface area contributed by atoms with Crippen molar-refractivity contribution >= 4 is 5.69 Å². The monoisotopic (exact) mass is 323 g/mol. The smallest absolute Gasteiger partial charge is 0.127 e. The van der Waals surface area contributed by atoms with Gasteiger partial charge in [-0.25, -0.2) is 0 Å². The Labute approximate surface area is 141 Å². The van der Waals surface area contributed by atoms with Crippen LogP contribution in [0.5, 0.6) is 11.5 Å². The molecule has 1 spiro atoms. The van der Waals surface area contributed by atoms with E-state index in [4.69, 9.17) is 9.47 Å². The summed E-state index contributed by atoms with van der Waals surface area (Å²) >= 11 is 0. The van der Waals surface area contributed by atoms with E-state index in [9.17, 15) is 5.11 Å². The van der Waals surface area contributed by atoms with E-state index in [2.05, 4.69) is 29.2 Å². The molecular weight excluding hydrogens is 302 g/mol. The molecule has 0 aromatic heterocycles. The number of aromatic hydroxyl groups is 1. The predicted molar refractivity (Wildman–Crippen MR) is 92.0 cm³/mol. The van der Waals surface area contributed by atoms with Gasteiger partial charge < -0.3 is 19.5 Å². The highest BCUT2D eigenvalue weighted by Gasteiger charge is 2.49. The maximum absolute atomic E-state index is 9.76. The zero-order valence-electron chi connectivity index (χ0n) is 13.6. The molecule has 1 unspecified atom stereocenters. The predicted octanol–water partition coefficient (Wildman–Crippen LogP) is 3.07. The van der Waals surface area contributed by atoms with Gasteiger partial charge in [-0.15, -0.1) is 0 Å². The van der Waals surface area contributed by atoms with Crippen LogP contribution in [0.2, 0.25) is 0 Å². The number of benzene rings is 2. The highest BCUT2D eigenvalue weighted by molar-refractivity contribution is 5.69. The van der Waals surface area contributed by atoms with Crippen LogP contribution in [0, 0.1) is 0 Å². The van der Waals surface area contributed by atoms with Crippen molar-refractivity contribution in [1.29, 1.82) is 0 Å². The number of anilines is 1. The van der Waals surface area contributed by atoms with Gasteiger partial charge in [0.05, 0.1) is 11.5 Å². The first-order chi connectivity index (χ1) is 11.8. The minimum atomic E-state index is -0.141. The fourth-order valence-electron chi connectivity index (χ4n) is 4.51. The molecule has 0 aliphatic carbocycles. The van der Waals surface area contributed by atoms with Gasteiger partial charge in [-0.1, -0.05) is 24.3 Å². The van der Waals surface area contributed by atoms with Gasteiger partial charge in [-0.05, 0) is 30.5 Å². The Morgan fingerprint density at radius 3 is 2.96 bits per heavy atom.